The lowest BCUT2D eigenvalue weighted by atomic mass is 10.2. The van der Waals surface area contributed by atoms with Gasteiger partial charge in [0.05, 0.1) is 12.9 Å². The summed E-state index contributed by atoms with van der Waals surface area (Å²) in [4.78, 5) is 0. The number of unbranched alkanes of at least 4 members (excludes halogenated alkanes) is 1. The Labute approximate surface area is 79.2 Å². The van der Waals surface area contributed by atoms with Gasteiger partial charge in [-0.05, 0) is 18.6 Å². The number of ether oxygens (including phenoxy) is 1. The summed E-state index contributed by atoms with van der Waals surface area (Å²) < 4.78 is 10.6. The highest BCUT2D eigenvalue weighted by atomic mass is 16.5. The highest BCUT2D eigenvalue weighted by Gasteiger charge is 2.00. The molecule has 0 spiro atoms. The molecule has 1 heterocycles. The highest BCUT2D eigenvalue weighted by molar-refractivity contribution is 5.59. The van der Waals surface area contributed by atoms with Gasteiger partial charge in [0.1, 0.15) is 5.76 Å². The lowest BCUT2D eigenvalue weighted by molar-refractivity contribution is 0.163. The Morgan fingerprint density at radius 2 is 2.46 bits per heavy atom. The first-order valence-electron chi connectivity index (χ1n) is 4.64. The molecule has 0 aromatic carbocycles. The number of rotatable bonds is 6. The van der Waals surface area contributed by atoms with Crippen LogP contribution >= 0.6 is 0 Å². The van der Waals surface area contributed by atoms with E-state index in [-0.39, 0.29) is 0 Å². The highest BCUT2D eigenvalue weighted by Crippen LogP contribution is 2.12. The molecule has 0 aliphatic heterocycles. The van der Waals surface area contributed by atoms with Crippen LogP contribution in [0.2, 0.25) is 0 Å². The normalized spacial score (nSPS) is 10.2. The third-order valence-electron chi connectivity index (χ3n) is 1.79. The van der Waals surface area contributed by atoms with Crippen LogP contribution in [0.1, 0.15) is 25.5 Å². The number of furan rings is 1. The summed E-state index contributed by atoms with van der Waals surface area (Å²) in [5.74, 6) is 0.816. The molecular formula is C11H16O2. The Morgan fingerprint density at radius 1 is 1.62 bits per heavy atom. The molecule has 1 rings (SSSR count). The predicted octanol–water partition coefficient (Wildman–Crippen LogP) is 3.11. The molecular weight excluding hydrogens is 164 g/mol. The van der Waals surface area contributed by atoms with Gasteiger partial charge in [-0.2, -0.15) is 0 Å². The zero-order valence-corrected chi connectivity index (χ0v) is 8.08. The average molecular weight is 180 g/mol. The summed E-state index contributed by atoms with van der Waals surface area (Å²) in [5.41, 5.74) is 0.904. The first-order chi connectivity index (χ1) is 6.34. The Hall–Kier alpha value is -1.02. The van der Waals surface area contributed by atoms with E-state index in [1.807, 2.05) is 12.1 Å². The van der Waals surface area contributed by atoms with E-state index in [1.165, 1.54) is 0 Å². The van der Waals surface area contributed by atoms with Gasteiger partial charge >= 0.3 is 0 Å². The summed E-state index contributed by atoms with van der Waals surface area (Å²) >= 11 is 0. The van der Waals surface area contributed by atoms with Crippen molar-refractivity contribution in [1.29, 1.82) is 0 Å². The second-order valence-corrected chi connectivity index (χ2v) is 2.99. The third-order valence-corrected chi connectivity index (χ3v) is 1.79. The van der Waals surface area contributed by atoms with Crippen LogP contribution in [0.5, 0.6) is 0 Å². The van der Waals surface area contributed by atoms with Gasteiger partial charge in [-0.3, -0.25) is 0 Å². The average Bonchev–Trinajstić information content (AvgIpc) is 2.65. The molecule has 0 saturated carbocycles. The van der Waals surface area contributed by atoms with Crippen molar-refractivity contribution >= 4 is 5.57 Å². The van der Waals surface area contributed by atoms with E-state index >= 15 is 0 Å². The molecule has 1 aromatic rings. The minimum Gasteiger partial charge on any atom is -0.465 e. The van der Waals surface area contributed by atoms with Crippen molar-refractivity contribution in [3.8, 4) is 0 Å². The molecule has 0 aliphatic rings. The van der Waals surface area contributed by atoms with E-state index in [4.69, 9.17) is 9.15 Å². The zero-order chi connectivity index (χ0) is 9.52. The molecule has 2 nitrogen and oxygen atoms in total. The van der Waals surface area contributed by atoms with Gasteiger partial charge in [0.2, 0.25) is 0 Å². The van der Waals surface area contributed by atoms with Crippen LogP contribution in [0.25, 0.3) is 5.57 Å². The van der Waals surface area contributed by atoms with Crippen molar-refractivity contribution in [2.45, 2.75) is 19.8 Å². The van der Waals surface area contributed by atoms with E-state index in [9.17, 15) is 0 Å². The summed E-state index contributed by atoms with van der Waals surface area (Å²) in [6.45, 7) is 7.38. The molecule has 72 valence electrons. The summed E-state index contributed by atoms with van der Waals surface area (Å²) in [6.07, 6.45) is 3.91. The van der Waals surface area contributed by atoms with Crippen LogP contribution in [0.3, 0.4) is 0 Å². The maximum atomic E-state index is 5.40. The van der Waals surface area contributed by atoms with E-state index in [0.29, 0.717) is 6.61 Å². The summed E-state index contributed by atoms with van der Waals surface area (Å²) in [7, 11) is 0. The van der Waals surface area contributed by atoms with Crippen LogP contribution in [-0.2, 0) is 4.74 Å². The minimum absolute atomic E-state index is 0.563. The van der Waals surface area contributed by atoms with E-state index in [1.54, 1.807) is 6.26 Å². The van der Waals surface area contributed by atoms with E-state index in [2.05, 4.69) is 13.5 Å². The van der Waals surface area contributed by atoms with Crippen molar-refractivity contribution in [1.82, 2.24) is 0 Å². The van der Waals surface area contributed by atoms with Gasteiger partial charge < -0.3 is 9.15 Å². The Kier molecular flexibility index (Phi) is 4.33. The Bertz CT molecular complexity index is 237. The molecule has 13 heavy (non-hydrogen) atoms. The molecule has 0 bridgehead atoms. The standard InChI is InChI=1S/C11H16O2/c1-3-4-7-12-9-10(2)11-6-5-8-13-11/h5-6,8H,2-4,7,9H2,1H3. The molecule has 0 atom stereocenters. The van der Waals surface area contributed by atoms with Crippen molar-refractivity contribution in [2.24, 2.45) is 0 Å². The van der Waals surface area contributed by atoms with Crippen molar-refractivity contribution in [3.63, 3.8) is 0 Å². The lowest BCUT2D eigenvalue weighted by Gasteiger charge is -2.03. The van der Waals surface area contributed by atoms with Crippen molar-refractivity contribution < 1.29 is 9.15 Å². The zero-order valence-electron chi connectivity index (χ0n) is 8.08. The fourth-order valence-corrected chi connectivity index (χ4v) is 0.993. The topological polar surface area (TPSA) is 22.4 Å². The maximum Gasteiger partial charge on any atom is 0.131 e. The molecule has 1 aromatic heterocycles. The Morgan fingerprint density at radius 3 is 3.08 bits per heavy atom. The Balaban J connectivity index is 2.19. The van der Waals surface area contributed by atoms with Gasteiger partial charge in [-0.15, -0.1) is 0 Å². The molecule has 0 radical (unpaired) electrons. The van der Waals surface area contributed by atoms with Crippen LogP contribution in [0.15, 0.2) is 29.4 Å². The lowest BCUT2D eigenvalue weighted by Crippen LogP contribution is -1.97. The first kappa shape index (κ1) is 10.1. The molecule has 2 heteroatoms. The fraction of sp³-hybridized carbons (Fsp3) is 0.455. The van der Waals surface area contributed by atoms with Gasteiger partial charge in [0.25, 0.3) is 0 Å². The van der Waals surface area contributed by atoms with Crippen LogP contribution in [0.4, 0.5) is 0 Å². The smallest absolute Gasteiger partial charge is 0.131 e. The first-order valence-corrected chi connectivity index (χ1v) is 4.64. The molecule has 0 amide bonds. The molecule has 0 saturated heterocycles. The van der Waals surface area contributed by atoms with Gasteiger partial charge in [0, 0.05) is 12.2 Å². The quantitative estimate of drug-likeness (QED) is 0.627. The van der Waals surface area contributed by atoms with Crippen molar-refractivity contribution in [3.05, 3.63) is 30.7 Å². The van der Waals surface area contributed by atoms with E-state index in [0.717, 1.165) is 30.8 Å². The fourth-order valence-electron chi connectivity index (χ4n) is 0.993. The second-order valence-electron chi connectivity index (χ2n) is 2.99. The van der Waals surface area contributed by atoms with Crippen molar-refractivity contribution in [2.75, 3.05) is 13.2 Å². The molecule has 0 N–H and O–H groups in total. The summed E-state index contributed by atoms with van der Waals surface area (Å²) in [6, 6.07) is 3.75. The van der Waals surface area contributed by atoms with Gasteiger partial charge in [-0.25, -0.2) is 0 Å². The molecule has 0 fully saturated rings. The van der Waals surface area contributed by atoms with Gasteiger partial charge in [0.15, 0.2) is 0 Å². The van der Waals surface area contributed by atoms with Gasteiger partial charge in [-0.1, -0.05) is 19.9 Å². The number of hydrogen-bond acceptors (Lipinski definition) is 2. The third kappa shape index (κ3) is 3.47. The second kappa shape index (κ2) is 5.60. The SMILES string of the molecule is C=C(COCCCC)c1ccco1. The monoisotopic (exact) mass is 180 g/mol. The minimum atomic E-state index is 0.563. The van der Waals surface area contributed by atoms with E-state index < -0.39 is 0 Å². The largest absolute Gasteiger partial charge is 0.465 e. The predicted molar refractivity (Wildman–Crippen MR) is 53.5 cm³/mol. The molecule has 0 aliphatic carbocycles. The number of hydrogen-bond donors (Lipinski definition) is 0. The van der Waals surface area contributed by atoms with Crippen LogP contribution in [0, 0.1) is 0 Å². The van der Waals surface area contributed by atoms with Crippen LogP contribution in [-0.4, -0.2) is 13.2 Å². The maximum absolute atomic E-state index is 5.40. The molecule has 0 unspecified atom stereocenters. The van der Waals surface area contributed by atoms with Crippen LogP contribution < -0.4 is 0 Å². The summed E-state index contributed by atoms with van der Waals surface area (Å²) in [5, 5.41) is 0.